The number of amides is 2. The largest absolute Gasteiger partial charge is 0.465 e. The van der Waals surface area contributed by atoms with Gasteiger partial charge in [0.15, 0.2) is 5.78 Å². The molecule has 166 valence electrons. The number of para-hydroxylation sites is 1. The summed E-state index contributed by atoms with van der Waals surface area (Å²) in [5.74, 6) is -0.498. The number of urea groups is 1. The minimum absolute atomic E-state index is 0.0519. The van der Waals surface area contributed by atoms with Crippen LogP contribution in [-0.4, -0.2) is 60.0 Å². The summed E-state index contributed by atoms with van der Waals surface area (Å²) in [7, 11) is 1.33. The third kappa shape index (κ3) is 5.14. The number of benzene rings is 1. The number of aryl methyl sites for hydroxylation is 1. The van der Waals surface area contributed by atoms with E-state index in [0.29, 0.717) is 35.6 Å². The van der Waals surface area contributed by atoms with E-state index in [0.717, 1.165) is 18.5 Å². The van der Waals surface area contributed by atoms with E-state index < -0.39 is 5.97 Å². The van der Waals surface area contributed by atoms with Gasteiger partial charge in [0.25, 0.3) is 0 Å². The van der Waals surface area contributed by atoms with Crippen molar-refractivity contribution >= 4 is 23.5 Å². The molecule has 1 aliphatic heterocycles. The second-order valence-corrected chi connectivity index (χ2v) is 7.93. The average Bonchev–Trinajstić information content (AvgIpc) is 3.07. The summed E-state index contributed by atoms with van der Waals surface area (Å²) in [5, 5.41) is 5.84. The number of piperidine rings is 1. The molecule has 2 amide bonds. The van der Waals surface area contributed by atoms with Crippen LogP contribution in [-0.2, 0) is 4.74 Å². The number of aromatic nitrogens is 1. The summed E-state index contributed by atoms with van der Waals surface area (Å²) in [6, 6.07) is 8.82. The molecule has 3 rings (SSSR count). The molecule has 8 heteroatoms. The van der Waals surface area contributed by atoms with Crippen molar-refractivity contribution in [3.63, 3.8) is 0 Å². The Kier molecular flexibility index (Phi) is 7.12. The van der Waals surface area contributed by atoms with Crippen LogP contribution in [0.2, 0.25) is 0 Å². The number of Topliss-reactive ketones (excluding diaryl/α,β-unsaturated/α-hetero) is 1. The number of nitrogens with one attached hydrogen (secondary N) is 3. The molecular weight excluding hydrogens is 396 g/mol. The van der Waals surface area contributed by atoms with Gasteiger partial charge in [-0.3, -0.25) is 9.69 Å². The van der Waals surface area contributed by atoms with E-state index in [2.05, 4.69) is 20.5 Å². The number of carbonyl (C=O) groups is 3. The highest BCUT2D eigenvalue weighted by atomic mass is 16.5. The smallest absolute Gasteiger partial charge is 0.339 e. The lowest BCUT2D eigenvalue weighted by Gasteiger charge is -2.35. The first-order valence-corrected chi connectivity index (χ1v) is 10.5. The third-order valence-electron chi connectivity index (χ3n) is 5.90. The first-order valence-electron chi connectivity index (χ1n) is 10.5. The highest BCUT2D eigenvalue weighted by Crippen LogP contribution is 2.23. The topological polar surface area (TPSA) is 104 Å². The van der Waals surface area contributed by atoms with Gasteiger partial charge in [-0.25, -0.2) is 9.59 Å². The molecule has 2 heterocycles. The molecule has 0 saturated carbocycles. The summed E-state index contributed by atoms with van der Waals surface area (Å²) in [5.41, 5.74) is 2.88. The summed E-state index contributed by atoms with van der Waals surface area (Å²) in [6.45, 7) is 6.80. The van der Waals surface area contributed by atoms with Crippen molar-refractivity contribution in [2.24, 2.45) is 0 Å². The molecule has 1 unspecified atom stereocenters. The number of ketones is 1. The molecule has 1 aromatic carbocycles. The normalized spacial score (nSPS) is 15.9. The Bertz CT molecular complexity index is 946. The predicted octanol–water partition coefficient (Wildman–Crippen LogP) is 3.28. The maximum atomic E-state index is 13.1. The van der Waals surface area contributed by atoms with Crippen molar-refractivity contribution in [3.8, 4) is 0 Å². The number of aromatic amines is 1. The van der Waals surface area contributed by atoms with Gasteiger partial charge in [-0.1, -0.05) is 18.2 Å². The molecule has 3 N–H and O–H groups in total. The van der Waals surface area contributed by atoms with E-state index in [1.54, 1.807) is 13.8 Å². The summed E-state index contributed by atoms with van der Waals surface area (Å²) in [4.78, 5) is 42.5. The van der Waals surface area contributed by atoms with Gasteiger partial charge in [-0.05, 0) is 51.3 Å². The van der Waals surface area contributed by atoms with E-state index in [9.17, 15) is 14.4 Å². The minimum atomic E-state index is -0.446. The van der Waals surface area contributed by atoms with Crippen molar-refractivity contribution in [2.45, 2.75) is 45.7 Å². The van der Waals surface area contributed by atoms with Gasteiger partial charge < -0.3 is 20.4 Å². The maximum absolute atomic E-state index is 13.1. The Morgan fingerprint density at radius 2 is 1.77 bits per heavy atom. The molecule has 2 aromatic rings. The maximum Gasteiger partial charge on any atom is 0.339 e. The van der Waals surface area contributed by atoms with Crippen LogP contribution in [0, 0.1) is 13.8 Å². The molecule has 0 aliphatic carbocycles. The number of carbonyl (C=O) groups excluding carboxylic acids is 3. The van der Waals surface area contributed by atoms with E-state index >= 15 is 0 Å². The minimum Gasteiger partial charge on any atom is -0.465 e. The van der Waals surface area contributed by atoms with Crippen molar-refractivity contribution < 1.29 is 19.1 Å². The number of H-pyrrole nitrogens is 1. The summed E-state index contributed by atoms with van der Waals surface area (Å²) in [6.07, 6.45) is 1.52. The standard InChI is InChI=1S/C23H30N4O4/c1-14-19(22(29)31-4)15(2)24-20(14)21(28)16(3)27-12-10-18(11-13-27)26-23(30)25-17-8-6-5-7-9-17/h5-9,16,18,24H,10-13H2,1-4H3,(H2,25,26,30). The van der Waals surface area contributed by atoms with Gasteiger partial charge in [-0.15, -0.1) is 0 Å². The van der Waals surface area contributed by atoms with E-state index in [1.165, 1.54) is 7.11 Å². The van der Waals surface area contributed by atoms with Crippen LogP contribution in [0.5, 0.6) is 0 Å². The molecule has 31 heavy (non-hydrogen) atoms. The van der Waals surface area contributed by atoms with Gasteiger partial charge in [-0.2, -0.15) is 0 Å². The number of nitrogens with zero attached hydrogens (tertiary/aromatic N) is 1. The second kappa shape index (κ2) is 9.78. The molecule has 8 nitrogen and oxygen atoms in total. The van der Waals surface area contributed by atoms with E-state index in [1.807, 2.05) is 37.3 Å². The third-order valence-corrected chi connectivity index (χ3v) is 5.90. The van der Waals surface area contributed by atoms with Crippen molar-refractivity contribution in [3.05, 3.63) is 52.8 Å². The Balaban J connectivity index is 1.55. The highest BCUT2D eigenvalue weighted by molar-refractivity contribution is 6.03. The number of ether oxygens (including phenoxy) is 1. The van der Waals surface area contributed by atoms with Crippen LogP contribution >= 0.6 is 0 Å². The SMILES string of the molecule is COC(=O)c1c(C)[nH]c(C(=O)C(C)N2CCC(NC(=O)Nc3ccccc3)CC2)c1C. The fraction of sp³-hybridized carbons (Fsp3) is 0.435. The van der Waals surface area contributed by atoms with Crippen LogP contribution in [0.3, 0.4) is 0 Å². The Labute approximate surface area is 182 Å². The van der Waals surface area contributed by atoms with Crippen LogP contribution in [0.4, 0.5) is 10.5 Å². The van der Waals surface area contributed by atoms with Gasteiger partial charge in [0, 0.05) is 30.5 Å². The fourth-order valence-corrected chi connectivity index (χ4v) is 4.08. The molecule has 1 atom stereocenters. The molecule has 1 fully saturated rings. The van der Waals surface area contributed by atoms with Crippen LogP contribution in [0.25, 0.3) is 0 Å². The zero-order chi connectivity index (χ0) is 22.5. The number of hydrogen-bond acceptors (Lipinski definition) is 5. The number of likely N-dealkylation sites (tertiary alicyclic amines) is 1. The van der Waals surface area contributed by atoms with Crippen LogP contribution in [0.1, 0.15) is 51.9 Å². The van der Waals surface area contributed by atoms with Gasteiger partial charge >= 0.3 is 12.0 Å². The number of hydrogen-bond donors (Lipinski definition) is 3. The van der Waals surface area contributed by atoms with E-state index in [-0.39, 0.29) is 23.9 Å². The first-order chi connectivity index (χ1) is 14.8. The van der Waals surface area contributed by atoms with Crippen molar-refractivity contribution in [1.82, 2.24) is 15.2 Å². The van der Waals surface area contributed by atoms with Gasteiger partial charge in [0.2, 0.25) is 0 Å². The summed E-state index contributed by atoms with van der Waals surface area (Å²) >= 11 is 0. The van der Waals surface area contributed by atoms with Gasteiger partial charge in [0.05, 0.1) is 24.4 Å². The Morgan fingerprint density at radius 1 is 1.13 bits per heavy atom. The monoisotopic (exact) mass is 426 g/mol. The lowest BCUT2D eigenvalue weighted by Crippen LogP contribution is -2.50. The Morgan fingerprint density at radius 3 is 2.39 bits per heavy atom. The van der Waals surface area contributed by atoms with Crippen molar-refractivity contribution in [2.75, 3.05) is 25.5 Å². The summed E-state index contributed by atoms with van der Waals surface area (Å²) < 4.78 is 4.83. The quantitative estimate of drug-likeness (QED) is 0.486. The number of esters is 1. The second-order valence-electron chi connectivity index (χ2n) is 7.93. The molecule has 0 radical (unpaired) electrons. The van der Waals surface area contributed by atoms with Crippen LogP contribution < -0.4 is 10.6 Å². The van der Waals surface area contributed by atoms with Crippen molar-refractivity contribution in [1.29, 1.82) is 0 Å². The fourth-order valence-electron chi connectivity index (χ4n) is 4.08. The Hall–Kier alpha value is -3.13. The number of methoxy groups -OCH3 is 1. The molecular formula is C23H30N4O4. The molecule has 1 saturated heterocycles. The first kappa shape index (κ1) is 22.6. The molecule has 0 bridgehead atoms. The zero-order valence-corrected chi connectivity index (χ0v) is 18.5. The number of rotatable bonds is 6. The zero-order valence-electron chi connectivity index (χ0n) is 18.5. The number of anilines is 1. The van der Waals surface area contributed by atoms with Crippen LogP contribution in [0.15, 0.2) is 30.3 Å². The lowest BCUT2D eigenvalue weighted by molar-refractivity contribution is 0.0599. The molecule has 1 aliphatic rings. The van der Waals surface area contributed by atoms with E-state index in [4.69, 9.17) is 4.74 Å². The highest BCUT2D eigenvalue weighted by Gasteiger charge is 2.31. The average molecular weight is 427 g/mol. The van der Waals surface area contributed by atoms with Gasteiger partial charge in [0.1, 0.15) is 0 Å². The lowest BCUT2D eigenvalue weighted by atomic mass is 9.99. The molecule has 1 aromatic heterocycles. The molecule has 0 spiro atoms. The predicted molar refractivity (Wildman–Crippen MR) is 119 cm³/mol.